The Labute approximate surface area is 122 Å². The van der Waals surface area contributed by atoms with Crippen LogP contribution < -0.4 is 0 Å². The maximum Gasteiger partial charge on any atom is 0.310 e. The fourth-order valence-corrected chi connectivity index (χ4v) is 2.72. The van der Waals surface area contributed by atoms with Crippen LogP contribution in [0, 0.1) is 10.1 Å². The van der Waals surface area contributed by atoms with Crippen molar-refractivity contribution < 1.29 is 19.9 Å². The van der Waals surface area contributed by atoms with Crippen molar-refractivity contribution in [3.63, 3.8) is 0 Å². The number of aliphatic hydroxyl groups is 1. The number of hydrogen-bond acceptors (Lipinski definition) is 5. The molecule has 2 rings (SSSR count). The highest BCUT2D eigenvalue weighted by Gasteiger charge is 2.38. The lowest BCUT2D eigenvalue weighted by Gasteiger charge is -2.33. The van der Waals surface area contributed by atoms with E-state index >= 15 is 0 Å². The number of phenols is 1. The first kappa shape index (κ1) is 15.2. The summed E-state index contributed by atoms with van der Waals surface area (Å²) in [6.07, 6.45) is 1.49. The normalized spacial score (nSPS) is 18.8. The molecule has 1 aliphatic rings. The monoisotopic (exact) mass is 294 g/mol. The van der Waals surface area contributed by atoms with Gasteiger partial charge in [0.2, 0.25) is 0 Å². The Morgan fingerprint density at radius 3 is 2.67 bits per heavy atom. The lowest BCUT2D eigenvalue weighted by atomic mass is 9.96. The molecule has 2 N–H and O–H groups in total. The van der Waals surface area contributed by atoms with E-state index in [0.717, 1.165) is 18.6 Å². The average molecular weight is 294 g/mol. The van der Waals surface area contributed by atoms with Gasteiger partial charge in [-0.1, -0.05) is 0 Å². The topological polar surface area (TPSA) is 104 Å². The van der Waals surface area contributed by atoms with Crippen LogP contribution in [0.1, 0.15) is 37.0 Å². The van der Waals surface area contributed by atoms with Crippen LogP contribution in [0.3, 0.4) is 0 Å². The van der Waals surface area contributed by atoms with Crippen LogP contribution in [0.4, 0.5) is 5.69 Å². The molecule has 1 aliphatic heterocycles. The number of nitro groups is 1. The Hall–Kier alpha value is -2.15. The molecule has 1 atom stereocenters. The molecule has 1 aromatic carbocycles. The average Bonchev–Trinajstić information content (AvgIpc) is 2.86. The molecule has 0 spiro atoms. The van der Waals surface area contributed by atoms with Crippen LogP contribution in [-0.2, 0) is 0 Å². The molecule has 7 heteroatoms. The smallest absolute Gasteiger partial charge is 0.310 e. The van der Waals surface area contributed by atoms with E-state index in [1.54, 1.807) is 18.7 Å². The summed E-state index contributed by atoms with van der Waals surface area (Å²) in [6.45, 7) is 3.82. The van der Waals surface area contributed by atoms with Crippen LogP contribution in [-0.4, -0.2) is 44.1 Å². The van der Waals surface area contributed by atoms with Gasteiger partial charge >= 0.3 is 5.69 Å². The van der Waals surface area contributed by atoms with Gasteiger partial charge in [-0.25, -0.2) is 0 Å². The van der Waals surface area contributed by atoms with Crippen molar-refractivity contribution in [2.24, 2.45) is 0 Å². The van der Waals surface area contributed by atoms with Crippen molar-refractivity contribution in [1.82, 2.24) is 4.90 Å². The van der Waals surface area contributed by atoms with Gasteiger partial charge in [0.05, 0.1) is 16.6 Å². The molecule has 0 aromatic heterocycles. The SMILES string of the molecule is CC(C)(O)[C@@H]1CCCN1C(=O)c1ccc([N+](=O)[O-])c(O)c1. The molecule has 1 heterocycles. The number of nitro benzene ring substituents is 1. The first-order valence-electron chi connectivity index (χ1n) is 6.72. The molecule has 0 saturated carbocycles. The van der Waals surface area contributed by atoms with E-state index in [-0.39, 0.29) is 17.5 Å². The van der Waals surface area contributed by atoms with Crippen LogP contribution in [0.25, 0.3) is 0 Å². The number of likely N-dealkylation sites (tertiary alicyclic amines) is 1. The zero-order chi connectivity index (χ0) is 15.8. The minimum absolute atomic E-state index is 0.175. The van der Waals surface area contributed by atoms with Gasteiger partial charge < -0.3 is 15.1 Å². The fourth-order valence-electron chi connectivity index (χ4n) is 2.72. The van der Waals surface area contributed by atoms with Crippen LogP contribution in [0.15, 0.2) is 18.2 Å². The van der Waals surface area contributed by atoms with Gasteiger partial charge in [-0.15, -0.1) is 0 Å². The van der Waals surface area contributed by atoms with E-state index in [9.17, 15) is 25.1 Å². The summed E-state index contributed by atoms with van der Waals surface area (Å²) in [5.41, 5.74) is -1.28. The summed E-state index contributed by atoms with van der Waals surface area (Å²) < 4.78 is 0. The number of amides is 1. The highest BCUT2D eigenvalue weighted by atomic mass is 16.6. The third-order valence-electron chi connectivity index (χ3n) is 3.75. The van der Waals surface area contributed by atoms with Gasteiger partial charge in [-0.3, -0.25) is 14.9 Å². The van der Waals surface area contributed by atoms with E-state index in [4.69, 9.17) is 0 Å². The van der Waals surface area contributed by atoms with Gasteiger partial charge in [0, 0.05) is 18.2 Å². The zero-order valence-electron chi connectivity index (χ0n) is 11.9. The van der Waals surface area contributed by atoms with Gasteiger partial charge in [0.1, 0.15) is 0 Å². The van der Waals surface area contributed by atoms with Gasteiger partial charge in [-0.05, 0) is 38.8 Å². The van der Waals surface area contributed by atoms with E-state index in [1.165, 1.54) is 6.07 Å². The van der Waals surface area contributed by atoms with Crippen LogP contribution >= 0.6 is 0 Å². The Kier molecular flexibility index (Phi) is 3.87. The van der Waals surface area contributed by atoms with Crippen molar-refractivity contribution >= 4 is 11.6 Å². The molecule has 0 bridgehead atoms. The standard InChI is InChI=1S/C14H18N2O5/c1-14(2,19)12-4-3-7-15(12)13(18)9-5-6-10(16(20)21)11(17)8-9/h5-6,8,12,17,19H,3-4,7H2,1-2H3/t12-/m0/s1. The lowest BCUT2D eigenvalue weighted by molar-refractivity contribution is -0.385. The Morgan fingerprint density at radius 1 is 1.48 bits per heavy atom. The maximum atomic E-state index is 12.5. The summed E-state index contributed by atoms with van der Waals surface area (Å²) in [4.78, 5) is 24.0. The quantitative estimate of drug-likeness (QED) is 0.652. The number of rotatable bonds is 3. The predicted octanol–water partition coefficient (Wildman–Crippen LogP) is 1.68. The second-order valence-corrected chi connectivity index (χ2v) is 5.77. The summed E-state index contributed by atoms with van der Waals surface area (Å²) in [6, 6.07) is 3.22. The number of aromatic hydroxyl groups is 1. The number of phenolic OH excluding ortho intramolecular Hbond substituents is 1. The minimum atomic E-state index is -1.02. The van der Waals surface area contributed by atoms with E-state index in [0.29, 0.717) is 13.0 Å². The second kappa shape index (κ2) is 5.33. The third kappa shape index (κ3) is 2.97. The molecule has 0 unspecified atom stereocenters. The van der Waals surface area contributed by atoms with Gasteiger partial charge in [0.15, 0.2) is 5.75 Å². The Bertz CT molecular complexity index is 579. The van der Waals surface area contributed by atoms with Gasteiger partial charge in [-0.2, -0.15) is 0 Å². The molecule has 7 nitrogen and oxygen atoms in total. The fraction of sp³-hybridized carbons (Fsp3) is 0.500. The molecule has 1 fully saturated rings. The number of hydrogen-bond donors (Lipinski definition) is 2. The molecule has 1 saturated heterocycles. The largest absolute Gasteiger partial charge is 0.502 e. The molecule has 0 radical (unpaired) electrons. The molecule has 21 heavy (non-hydrogen) atoms. The second-order valence-electron chi connectivity index (χ2n) is 5.77. The minimum Gasteiger partial charge on any atom is -0.502 e. The number of benzene rings is 1. The third-order valence-corrected chi connectivity index (χ3v) is 3.75. The summed E-state index contributed by atoms with van der Waals surface area (Å²) in [5.74, 6) is -0.880. The van der Waals surface area contributed by atoms with Crippen LogP contribution in [0.5, 0.6) is 5.75 Å². The molecule has 114 valence electrons. The first-order chi connectivity index (χ1) is 9.71. The highest BCUT2D eigenvalue weighted by Crippen LogP contribution is 2.31. The lowest BCUT2D eigenvalue weighted by Crippen LogP contribution is -2.48. The molecular weight excluding hydrogens is 276 g/mol. The predicted molar refractivity (Wildman–Crippen MR) is 75.1 cm³/mol. The van der Waals surface area contributed by atoms with Crippen molar-refractivity contribution in [2.45, 2.75) is 38.3 Å². The molecule has 0 aliphatic carbocycles. The molecular formula is C14H18N2O5. The summed E-state index contributed by atoms with van der Waals surface area (Å²) in [5, 5.41) is 30.4. The Morgan fingerprint density at radius 2 is 2.14 bits per heavy atom. The van der Waals surface area contributed by atoms with Crippen LogP contribution in [0.2, 0.25) is 0 Å². The number of carbonyl (C=O) groups is 1. The van der Waals surface area contributed by atoms with Gasteiger partial charge in [0.25, 0.3) is 5.91 Å². The first-order valence-corrected chi connectivity index (χ1v) is 6.72. The van der Waals surface area contributed by atoms with Crippen molar-refractivity contribution in [3.8, 4) is 5.75 Å². The molecule has 1 amide bonds. The van der Waals surface area contributed by atoms with E-state index < -0.39 is 22.0 Å². The zero-order valence-corrected chi connectivity index (χ0v) is 11.9. The summed E-state index contributed by atoms with van der Waals surface area (Å²) >= 11 is 0. The van der Waals surface area contributed by atoms with Crippen molar-refractivity contribution in [3.05, 3.63) is 33.9 Å². The van der Waals surface area contributed by atoms with Crippen molar-refractivity contribution in [1.29, 1.82) is 0 Å². The summed E-state index contributed by atoms with van der Waals surface area (Å²) in [7, 11) is 0. The highest BCUT2D eigenvalue weighted by molar-refractivity contribution is 5.95. The maximum absolute atomic E-state index is 12.5. The number of nitrogens with zero attached hydrogens (tertiary/aromatic N) is 2. The van der Waals surface area contributed by atoms with E-state index in [1.807, 2.05) is 0 Å². The van der Waals surface area contributed by atoms with E-state index in [2.05, 4.69) is 0 Å². The molecule has 1 aromatic rings. The number of carbonyl (C=O) groups excluding carboxylic acids is 1. The Balaban J connectivity index is 2.28. The van der Waals surface area contributed by atoms with Crippen molar-refractivity contribution in [2.75, 3.05) is 6.54 Å².